The van der Waals surface area contributed by atoms with Crippen molar-refractivity contribution in [2.45, 2.75) is 25.5 Å². The first kappa shape index (κ1) is 13.5. The average Bonchev–Trinajstić information content (AvgIpc) is 2.99. The van der Waals surface area contributed by atoms with Crippen LogP contribution in [-0.2, 0) is 11.2 Å². The summed E-state index contributed by atoms with van der Waals surface area (Å²) in [7, 11) is 0. The van der Waals surface area contributed by atoms with E-state index in [0.717, 1.165) is 5.56 Å². The molecule has 1 aromatic heterocycles. The van der Waals surface area contributed by atoms with Crippen LogP contribution in [0.5, 0.6) is 11.5 Å². The molecular formula is C16H17NO4. The molecule has 0 saturated carbocycles. The van der Waals surface area contributed by atoms with Gasteiger partial charge in [-0.2, -0.15) is 0 Å². The van der Waals surface area contributed by atoms with Gasteiger partial charge in [-0.05, 0) is 37.1 Å². The van der Waals surface area contributed by atoms with E-state index in [4.69, 9.17) is 13.9 Å². The molecule has 0 spiro atoms. The van der Waals surface area contributed by atoms with Crippen molar-refractivity contribution in [2.75, 3.05) is 6.61 Å². The summed E-state index contributed by atoms with van der Waals surface area (Å²) in [6.07, 6.45) is 3.40. The normalized spacial score (nSPS) is 18.0. The minimum absolute atomic E-state index is 0.00382. The van der Waals surface area contributed by atoms with Crippen LogP contribution in [0.25, 0.3) is 0 Å². The number of rotatable bonds is 4. The average molecular weight is 287 g/mol. The molecule has 2 aromatic rings. The van der Waals surface area contributed by atoms with Crippen molar-refractivity contribution in [3.63, 3.8) is 0 Å². The Balaban J connectivity index is 1.56. The number of carbonyl (C=O) groups is 1. The maximum Gasteiger partial charge on any atom is 0.264 e. The third-order valence-corrected chi connectivity index (χ3v) is 3.31. The number of furan rings is 1. The van der Waals surface area contributed by atoms with Gasteiger partial charge in [0, 0.05) is 6.04 Å². The molecule has 1 aliphatic heterocycles. The van der Waals surface area contributed by atoms with E-state index in [2.05, 4.69) is 5.32 Å². The van der Waals surface area contributed by atoms with E-state index < -0.39 is 6.10 Å². The quantitative estimate of drug-likeness (QED) is 0.936. The van der Waals surface area contributed by atoms with Gasteiger partial charge in [-0.3, -0.25) is 4.79 Å². The largest absolute Gasteiger partial charge is 0.485 e. The number of hydrogen-bond acceptors (Lipinski definition) is 4. The van der Waals surface area contributed by atoms with Crippen LogP contribution < -0.4 is 14.8 Å². The molecule has 1 N–H and O–H groups in total. The molecule has 2 atom stereocenters. The molecule has 5 heteroatoms. The van der Waals surface area contributed by atoms with Crippen LogP contribution in [0.3, 0.4) is 0 Å². The molecule has 1 aliphatic rings. The van der Waals surface area contributed by atoms with Gasteiger partial charge < -0.3 is 19.2 Å². The summed E-state index contributed by atoms with van der Waals surface area (Å²) >= 11 is 0. The summed E-state index contributed by atoms with van der Waals surface area (Å²) in [6, 6.07) is 9.23. The SMILES string of the molecule is C[C@@H](Cc1ccoc1)NC(=O)[C@@H]1COc2ccccc2O1. The molecule has 110 valence electrons. The van der Waals surface area contributed by atoms with E-state index in [0.29, 0.717) is 17.9 Å². The predicted molar refractivity (Wildman–Crippen MR) is 76.4 cm³/mol. The Morgan fingerprint density at radius 3 is 2.90 bits per heavy atom. The van der Waals surface area contributed by atoms with Crippen LogP contribution in [-0.4, -0.2) is 24.7 Å². The third-order valence-electron chi connectivity index (χ3n) is 3.31. The zero-order valence-corrected chi connectivity index (χ0v) is 11.7. The number of fused-ring (bicyclic) bond motifs is 1. The molecule has 5 nitrogen and oxygen atoms in total. The van der Waals surface area contributed by atoms with Crippen molar-refractivity contribution >= 4 is 5.91 Å². The fourth-order valence-corrected chi connectivity index (χ4v) is 2.30. The van der Waals surface area contributed by atoms with Crippen molar-refractivity contribution < 1.29 is 18.7 Å². The monoisotopic (exact) mass is 287 g/mol. The standard InChI is InChI=1S/C16H17NO4/c1-11(8-12-6-7-19-9-12)17-16(18)15-10-20-13-4-2-3-5-14(13)21-15/h2-7,9,11,15H,8,10H2,1H3,(H,17,18)/t11-,15-/m0/s1. The van der Waals surface area contributed by atoms with Gasteiger partial charge in [-0.25, -0.2) is 0 Å². The van der Waals surface area contributed by atoms with E-state index in [1.54, 1.807) is 18.6 Å². The number of amides is 1. The van der Waals surface area contributed by atoms with Crippen LogP contribution in [0.15, 0.2) is 47.3 Å². The highest BCUT2D eigenvalue weighted by atomic mass is 16.6. The molecule has 0 unspecified atom stereocenters. The molecule has 21 heavy (non-hydrogen) atoms. The van der Waals surface area contributed by atoms with E-state index >= 15 is 0 Å². The van der Waals surface area contributed by atoms with Crippen LogP contribution >= 0.6 is 0 Å². The minimum atomic E-state index is -0.619. The Labute approximate surface area is 122 Å². The zero-order chi connectivity index (χ0) is 14.7. The van der Waals surface area contributed by atoms with Crippen molar-refractivity contribution in [1.29, 1.82) is 0 Å². The molecular weight excluding hydrogens is 270 g/mol. The lowest BCUT2D eigenvalue weighted by atomic mass is 10.1. The number of ether oxygens (including phenoxy) is 2. The smallest absolute Gasteiger partial charge is 0.264 e. The second-order valence-electron chi connectivity index (χ2n) is 5.11. The second kappa shape index (κ2) is 5.91. The highest BCUT2D eigenvalue weighted by Gasteiger charge is 2.27. The number of hydrogen-bond donors (Lipinski definition) is 1. The fraction of sp³-hybridized carbons (Fsp3) is 0.312. The molecule has 1 aromatic carbocycles. The Kier molecular flexibility index (Phi) is 3.81. The summed E-state index contributed by atoms with van der Waals surface area (Å²) in [6.45, 7) is 2.17. The fourth-order valence-electron chi connectivity index (χ4n) is 2.30. The van der Waals surface area contributed by atoms with Gasteiger partial charge in [0.25, 0.3) is 5.91 Å². The van der Waals surface area contributed by atoms with E-state index in [1.165, 1.54) is 0 Å². The lowest BCUT2D eigenvalue weighted by molar-refractivity contribution is -0.130. The van der Waals surface area contributed by atoms with Gasteiger partial charge in [-0.1, -0.05) is 12.1 Å². The van der Waals surface area contributed by atoms with E-state index in [9.17, 15) is 4.79 Å². The Hall–Kier alpha value is -2.43. The lowest BCUT2D eigenvalue weighted by Gasteiger charge is -2.26. The molecule has 0 radical (unpaired) electrons. The van der Waals surface area contributed by atoms with Gasteiger partial charge in [0.1, 0.15) is 6.61 Å². The summed E-state index contributed by atoms with van der Waals surface area (Å²) in [5.74, 6) is 1.11. The third kappa shape index (κ3) is 3.18. The summed E-state index contributed by atoms with van der Waals surface area (Å²) in [5.41, 5.74) is 1.05. The van der Waals surface area contributed by atoms with Crippen LogP contribution in [0.1, 0.15) is 12.5 Å². The Morgan fingerprint density at radius 1 is 1.33 bits per heavy atom. The van der Waals surface area contributed by atoms with Gasteiger partial charge in [0.15, 0.2) is 11.5 Å². The van der Waals surface area contributed by atoms with Crippen LogP contribution in [0.4, 0.5) is 0 Å². The van der Waals surface area contributed by atoms with Crippen molar-refractivity contribution in [3.8, 4) is 11.5 Å². The Bertz CT molecular complexity index is 608. The van der Waals surface area contributed by atoms with Gasteiger partial charge in [0.2, 0.25) is 6.10 Å². The number of para-hydroxylation sites is 2. The molecule has 1 amide bonds. The maximum atomic E-state index is 12.2. The van der Waals surface area contributed by atoms with E-state index in [1.807, 2.05) is 31.2 Å². The summed E-state index contributed by atoms with van der Waals surface area (Å²) in [5, 5.41) is 2.93. The minimum Gasteiger partial charge on any atom is -0.485 e. The second-order valence-corrected chi connectivity index (χ2v) is 5.11. The number of carbonyl (C=O) groups excluding carboxylic acids is 1. The van der Waals surface area contributed by atoms with Crippen LogP contribution in [0.2, 0.25) is 0 Å². The van der Waals surface area contributed by atoms with Crippen molar-refractivity contribution in [3.05, 3.63) is 48.4 Å². The van der Waals surface area contributed by atoms with Gasteiger partial charge in [-0.15, -0.1) is 0 Å². The van der Waals surface area contributed by atoms with E-state index in [-0.39, 0.29) is 18.6 Å². The molecule has 0 aliphatic carbocycles. The highest BCUT2D eigenvalue weighted by Crippen LogP contribution is 2.30. The van der Waals surface area contributed by atoms with Crippen LogP contribution in [0, 0.1) is 0 Å². The molecule has 3 rings (SSSR count). The Morgan fingerprint density at radius 2 is 2.14 bits per heavy atom. The lowest BCUT2D eigenvalue weighted by Crippen LogP contribution is -2.47. The topological polar surface area (TPSA) is 60.7 Å². The first-order chi connectivity index (χ1) is 10.2. The zero-order valence-electron chi connectivity index (χ0n) is 11.7. The number of benzene rings is 1. The predicted octanol–water partition coefficient (Wildman–Crippen LogP) is 2.17. The first-order valence-corrected chi connectivity index (χ1v) is 6.92. The molecule has 2 heterocycles. The number of nitrogens with one attached hydrogen (secondary N) is 1. The van der Waals surface area contributed by atoms with Crippen molar-refractivity contribution in [2.24, 2.45) is 0 Å². The van der Waals surface area contributed by atoms with Crippen molar-refractivity contribution in [1.82, 2.24) is 5.32 Å². The summed E-state index contributed by atoms with van der Waals surface area (Å²) in [4.78, 5) is 12.2. The highest BCUT2D eigenvalue weighted by molar-refractivity contribution is 5.82. The molecule has 0 saturated heterocycles. The van der Waals surface area contributed by atoms with Gasteiger partial charge in [0.05, 0.1) is 12.5 Å². The maximum absolute atomic E-state index is 12.2. The summed E-state index contributed by atoms with van der Waals surface area (Å²) < 4.78 is 16.2. The van der Waals surface area contributed by atoms with Gasteiger partial charge >= 0.3 is 0 Å². The molecule has 0 fully saturated rings. The first-order valence-electron chi connectivity index (χ1n) is 6.92. The molecule has 0 bridgehead atoms.